The summed E-state index contributed by atoms with van der Waals surface area (Å²) in [6, 6.07) is 9.02. The lowest BCUT2D eigenvalue weighted by Crippen LogP contribution is -2.37. The van der Waals surface area contributed by atoms with Crippen LogP contribution in [-0.4, -0.2) is 31.4 Å². The van der Waals surface area contributed by atoms with Crippen molar-refractivity contribution in [1.29, 1.82) is 0 Å². The van der Waals surface area contributed by atoms with Crippen molar-refractivity contribution in [3.63, 3.8) is 0 Å². The average molecular weight is 336 g/mol. The van der Waals surface area contributed by atoms with Gasteiger partial charge in [0, 0.05) is 5.69 Å². The van der Waals surface area contributed by atoms with Crippen LogP contribution < -0.4 is 5.32 Å². The molecule has 2 aromatic rings. The predicted octanol–water partition coefficient (Wildman–Crippen LogP) is 2.30. The predicted molar refractivity (Wildman–Crippen MR) is 88.5 cm³/mol. The van der Waals surface area contributed by atoms with Crippen molar-refractivity contribution in [2.75, 3.05) is 18.1 Å². The maximum Gasteiger partial charge on any atom is 0.239 e. The van der Waals surface area contributed by atoms with Crippen molar-refractivity contribution in [2.45, 2.75) is 20.4 Å². The van der Waals surface area contributed by atoms with E-state index in [1.807, 2.05) is 32.0 Å². The van der Waals surface area contributed by atoms with Gasteiger partial charge in [-0.3, -0.25) is 4.79 Å². The number of rotatable bonds is 6. The first kappa shape index (κ1) is 17.2. The van der Waals surface area contributed by atoms with Crippen molar-refractivity contribution >= 4 is 21.6 Å². The Balaban J connectivity index is 2.12. The molecular formula is C16H20N2O4S. The fourth-order valence-corrected chi connectivity index (χ4v) is 2.93. The monoisotopic (exact) mass is 336 g/mol. The molecule has 0 bridgehead atoms. The van der Waals surface area contributed by atoms with Gasteiger partial charge in [0.05, 0.1) is 25.6 Å². The Morgan fingerprint density at radius 1 is 1.17 bits per heavy atom. The van der Waals surface area contributed by atoms with Gasteiger partial charge in [-0.1, -0.05) is 18.2 Å². The molecule has 0 fully saturated rings. The number of hydrogen-bond acceptors (Lipinski definition) is 4. The smallest absolute Gasteiger partial charge is 0.239 e. The first-order valence-corrected chi connectivity index (χ1v) is 8.96. The Hall–Kier alpha value is -2.12. The Bertz CT molecular complexity index is 762. The topological polar surface area (TPSA) is 79.6 Å². The summed E-state index contributed by atoms with van der Waals surface area (Å²) in [5.74, 6) is 0.0923. The minimum Gasteiger partial charge on any atom is -0.468 e. The molecule has 0 radical (unpaired) electrons. The number of amides is 1. The number of nitrogens with one attached hydrogen (secondary N) is 1. The molecule has 2 rings (SSSR count). The summed E-state index contributed by atoms with van der Waals surface area (Å²) in [7, 11) is -3.54. The zero-order valence-corrected chi connectivity index (χ0v) is 14.2. The third-order valence-electron chi connectivity index (χ3n) is 3.45. The Morgan fingerprint density at radius 2 is 1.83 bits per heavy atom. The summed E-state index contributed by atoms with van der Waals surface area (Å²) >= 11 is 0. The SMILES string of the molecule is Cc1cccc(C)c1NC(=O)CN(Cc1ccco1)S(C)(=O)=O. The van der Waals surface area contributed by atoms with Gasteiger partial charge in [0.2, 0.25) is 15.9 Å². The number of carbonyl (C=O) groups excluding carboxylic acids is 1. The number of para-hydroxylation sites is 1. The molecule has 0 saturated carbocycles. The lowest BCUT2D eigenvalue weighted by atomic mass is 10.1. The van der Waals surface area contributed by atoms with E-state index in [0.29, 0.717) is 11.4 Å². The van der Waals surface area contributed by atoms with Crippen molar-refractivity contribution in [1.82, 2.24) is 4.31 Å². The minimum absolute atomic E-state index is 0.0198. The number of carbonyl (C=O) groups is 1. The summed E-state index contributed by atoms with van der Waals surface area (Å²) in [6.45, 7) is 3.53. The molecule has 0 aliphatic carbocycles. The molecule has 0 aliphatic rings. The molecule has 6 nitrogen and oxygen atoms in total. The molecule has 124 valence electrons. The normalized spacial score (nSPS) is 11.7. The Labute approximate surface area is 136 Å². The molecule has 1 aromatic carbocycles. The molecule has 0 spiro atoms. The second kappa shape index (κ2) is 6.97. The van der Waals surface area contributed by atoms with E-state index in [1.54, 1.807) is 12.1 Å². The van der Waals surface area contributed by atoms with Crippen molar-refractivity contribution in [3.8, 4) is 0 Å². The van der Waals surface area contributed by atoms with Gasteiger partial charge in [0.1, 0.15) is 5.76 Å². The molecule has 1 aromatic heterocycles. The van der Waals surface area contributed by atoms with Gasteiger partial charge < -0.3 is 9.73 Å². The largest absolute Gasteiger partial charge is 0.468 e. The second-order valence-electron chi connectivity index (χ2n) is 5.43. The van der Waals surface area contributed by atoms with Crippen LogP contribution >= 0.6 is 0 Å². The number of nitrogens with zero attached hydrogens (tertiary/aromatic N) is 1. The summed E-state index contributed by atoms with van der Waals surface area (Å²) < 4.78 is 30.0. The minimum atomic E-state index is -3.54. The van der Waals surface area contributed by atoms with E-state index < -0.39 is 10.0 Å². The summed E-state index contributed by atoms with van der Waals surface area (Å²) in [5.41, 5.74) is 2.56. The van der Waals surface area contributed by atoms with Crippen LogP contribution in [0.25, 0.3) is 0 Å². The summed E-state index contributed by atoms with van der Waals surface area (Å²) in [6.07, 6.45) is 2.54. The molecule has 7 heteroatoms. The fraction of sp³-hybridized carbons (Fsp3) is 0.312. The van der Waals surface area contributed by atoms with Gasteiger partial charge in [-0.2, -0.15) is 4.31 Å². The molecule has 23 heavy (non-hydrogen) atoms. The molecule has 1 heterocycles. The molecule has 0 atom stereocenters. The van der Waals surface area contributed by atoms with Crippen LogP contribution in [0.4, 0.5) is 5.69 Å². The summed E-state index contributed by atoms with van der Waals surface area (Å²) in [5, 5.41) is 2.79. The highest BCUT2D eigenvalue weighted by Crippen LogP contribution is 2.19. The van der Waals surface area contributed by atoms with Gasteiger partial charge in [0.25, 0.3) is 0 Å². The number of hydrogen-bond donors (Lipinski definition) is 1. The third-order valence-corrected chi connectivity index (χ3v) is 4.64. The highest BCUT2D eigenvalue weighted by molar-refractivity contribution is 7.88. The summed E-state index contributed by atoms with van der Waals surface area (Å²) in [4.78, 5) is 12.3. The maximum absolute atomic E-state index is 12.3. The Morgan fingerprint density at radius 3 is 2.35 bits per heavy atom. The van der Waals surface area contributed by atoms with Gasteiger partial charge in [-0.05, 0) is 37.1 Å². The molecule has 1 amide bonds. The number of anilines is 1. The van der Waals surface area contributed by atoms with E-state index in [2.05, 4.69) is 5.32 Å². The van der Waals surface area contributed by atoms with E-state index in [9.17, 15) is 13.2 Å². The number of benzene rings is 1. The van der Waals surface area contributed by atoms with Crippen LogP contribution in [0.1, 0.15) is 16.9 Å². The number of aryl methyl sites for hydroxylation is 2. The zero-order chi connectivity index (χ0) is 17.0. The number of furan rings is 1. The fourth-order valence-electron chi connectivity index (χ4n) is 2.22. The van der Waals surface area contributed by atoms with E-state index >= 15 is 0 Å². The molecule has 0 saturated heterocycles. The molecule has 0 unspecified atom stereocenters. The van der Waals surface area contributed by atoms with Crippen LogP contribution in [0.5, 0.6) is 0 Å². The first-order valence-electron chi connectivity index (χ1n) is 7.11. The van der Waals surface area contributed by atoms with Crippen LogP contribution in [0.3, 0.4) is 0 Å². The zero-order valence-electron chi connectivity index (χ0n) is 13.4. The van der Waals surface area contributed by atoms with Crippen molar-refractivity contribution < 1.29 is 17.6 Å². The maximum atomic E-state index is 12.3. The van der Waals surface area contributed by atoms with Gasteiger partial charge >= 0.3 is 0 Å². The van der Waals surface area contributed by atoms with E-state index in [0.717, 1.165) is 21.7 Å². The van der Waals surface area contributed by atoms with Gasteiger partial charge in [-0.15, -0.1) is 0 Å². The quantitative estimate of drug-likeness (QED) is 0.878. The first-order chi connectivity index (χ1) is 10.8. The third kappa shape index (κ3) is 4.67. The lowest BCUT2D eigenvalue weighted by molar-refractivity contribution is -0.116. The van der Waals surface area contributed by atoms with Crippen molar-refractivity contribution in [2.24, 2.45) is 0 Å². The number of sulfonamides is 1. The molecule has 1 N–H and O–H groups in total. The molecular weight excluding hydrogens is 316 g/mol. The Kier molecular flexibility index (Phi) is 5.23. The van der Waals surface area contributed by atoms with Crippen LogP contribution in [0.2, 0.25) is 0 Å². The van der Waals surface area contributed by atoms with Crippen LogP contribution in [0.15, 0.2) is 41.0 Å². The highest BCUT2D eigenvalue weighted by Gasteiger charge is 2.22. The lowest BCUT2D eigenvalue weighted by Gasteiger charge is -2.19. The van der Waals surface area contributed by atoms with Crippen LogP contribution in [0, 0.1) is 13.8 Å². The van der Waals surface area contributed by atoms with E-state index in [4.69, 9.17) is 4.42 Å². The standard InChI is InChI=1S/C16H20N2O4S/c1-12-6-4-7-13(2)16(12)17-15(19)11-18(23(3,20)21)10-14-8-5-9-22-14/h4-9H,10-11H2,1-3H3,(H,17,19). The van der Waals surface area contributed by atoms with Gasteiger partial charge in [0.15, 0.2) is 0 Å². The van der Waals surface area contributed by atoms with Gasteiger partial charge in [-0.25, -0.2) is 8.42 Å². The molecule has 0 aliphatic heterocycles. The second-order valence-corrected chi connectivity index (χ2v) is 7.41. The van der Waals surface area contributed by atoms with Crippen molar-refractivity contribution in [3.05, 3.63) is 53.5 Å². The van der Waals surface area contributed by atoms with E-state index in [-0.39, 0.29) is 19.0 Å². The van der Waals surface area contributed by atoms with Crippen LogP contribution in [-0.2, 0) is 21.4 Å². The average Bonchev–Trinajstić information content (AvgIpc) is 2.94. The van der Waals surface area contributed by atoms with E-state index in [1.165, 1.54) is 6.26 Å². The highest BCUT2D eigenvalue weighted by atomic mass is 32.2.